The molecule has 1 aromatic carbocycles. The maximum absolute atomic E-state index is 12.2. The van der Waals surface area contributed by atoms with Gasteiger partial charge in [0.2, 0.25) is 11.9 Å². The normalized spacial score (nSPS) is 16.3. The molecule has 2 amide bonds. The van der Waals surface area contributed by atoms with E-state index in [4.69, 9.17) is 0 Å². The number of fused-ring (bicyclic) bond motifs is 1. The van der Waals surface area contributed by atoms with Crippen LogP contribution < -0.4 is 10.6 Å². The molecule has 0 fully saturated rings. The molecule has 0 radical (unpaired) electrons. The summed E-state index contributed by atoms with van der Waals surface area (Å²) >= 11 is 0. The van der Waals surface area contributed by atoms with Crippen LogP contribution in [0.3, 0.4) is 0 Å². The van der Waals surface area contributed by atoms with Crippen molar-refractivity contribution in [3.63, 3.8) is 0 Å². The summed E-state index contributed by atoms with van der Waals surface area (Å²) in [5.41, 5.74) is 1.92. The number of hydrogen-bond donors (Lipinski definition) is 2. The minimum Gasteiger partial charge on any atom is -0.326 e. The van der Waals surface area contributed by atoms with Gasteiger partial charge in [-0.3, -0.25) is 14.9 Å². The number of aromatic nitrogens is 3. The maximum atomic E-state index is 12.2. The molecule has 7 heteroatoms. The largest absolute Gasteiger partial charge is 0.326 e. The molecule has 2 heterocycles. The summed E-state index contributed by atoms with van der Waals surface area (Å²) in [6.07, 6.45) is 0.0214. The van der Waals surface area contributed by atoms with Gasteiger partial charge < -0.3 is 5.32 Å². The molecule has 2 aromatic rings. The topological polar surface area (TPSA) is 88.9 Å². The van der Waals surface area contributed by atoms with Crippen LogP contribution in [0.15, 0.2) is 24.3 Å². The predicted octanol–water partition coefficient (Wildman–Crippen LogP) is 2.23. The second kappa shape index (κ2) is 5.83. The molecule has 0 saturated carbocycles. The molecule has 3 rings (SSSR count). The molecule has 7 nitrogen and oxygen atoms in total. The SMILES string of the molecule is Cc1nc2n(n1)[C@H](CC(=O)Nc1ccc(C(C)C)cc1)C(=O)N2. The lowest BCUT2D eigenvalue weighted by Gasteiger charge is -2.11. The molecule has 1 atom stereocenters. The third kappa shape index (κ3) is 3.08. The number of nitrogens with zero attached hydrogens (tertiary/aromatic N) is 3. The summed E-state index contributed by atoms with van der Waals surface area (Å²) in [6, 6.07) is 7.06. The Morgan fingerprint density at radius 2 is 2.04 bits per heavy atom. The number of hydrogen-bond acceptors (Lipinski definition) is 4. The first-order valence-corrected chi connectivity index (χ1v) is 7.58. The number of anilines is 2. The Morgan fingerprint density at radius 3 is 2.70 bits per heavy atom. The van der Waals surface area contributed by atoms with Gasteiger partial charge in [-0.15, -0.1) is 0 Å². The molecule has 120 valence electrons. The molecule has 0 aliphatic carbocycles. The quantitative estimate of drug-likeness (QED) is 0.906. The molecule has 1 aliphatic heterocycles. The second-order valence-electron chi connectivity index (χ2n) is 5.96. The zero-order chi connectivity index (χ0) is 16.6. The summed E-state index contributed by atoms with van der Waals surface area (Å²) in [7, 11) is 0. The lowest BCUT2D eigenvalue weighted by Crippen LogP contribution is -2.23. The van der Waals surface area contributed by atoms with Gasteiger partial charge in [0.25, 0.3) is 5.91 Å². The maximum Gasteiger partial charge on any atom is 0.252 e. The van der Waals surface area contributed by atoms with Gasteiger partial charge in [0, 0.05) is 5.69 Å². The van der Waals surface area contributed by atoms with E-state index in [0.717, 1.165) is 0 Å². The highest BCUT2D eigenvalue weighted by Crippen LogP contribution is 2.25. The Morgan fingerprint density at radius 1 is 1.35 bits per heavy atom. The van der Waals surface area contributed by atoms with Gasteiger partial charge in [0.05, 0.1) is 6.42 Å². The van der Waals surface area contributed by atoms with Crippen molar-refractivity contribution in [3.8, 4) is 0 Å². The smallest absolute Gasteiger partial charge is 0.252 e. The molecule has 2 N–H and O–H groups in total. The van der Waals surface area contributed by atoms with E-state index in [9.17, 15) is 9.59 Å². The van der Waals surface area contributed by atoms with Crippen molar-refractivity contribution in [2.24, 2.45) is 0 Å². The van der Waals surface area contributed by atoms with Crippen molar-refractivity contribution in [3.05, 3.63) is 35.7 Å². The third-order valence-corrected chi connectivity index (χ3v) is 3.81. The Kier molecular flexibility index (Phi) is 3.85. The van der Waals surface area contributed by atoms with Crippen LogP contribution in [0.25, 0.3) is 0 Å². The molecule has 0 spiro atoms. The number of carbonyl (C=O) groups is 2. The van der Waals surface area contributed by atoms with Crippen molar-refractivity contribution in [1.29, 1.82) is 0 Å². The molecule has 0 bridgehead atoms. The van der Waals surface area contributed by atoms with Gasteiger partial charge in [-0.05, 0) is 30.5 Å². The van der Waals surface area contributed by atoms with E-state index in [0.29, 0.717) is 23.4 Å². The number of aryl methyl sites for hydroxylation is 1. The predicted molar refractivity (Wildman–Crippen MR) is 86.2 cm³/mol. The molecule has 0 unspecified atom stereocenters. The minimum absolute atomic E-state index is 0.0214. The molecular weight excluding hydrogens is 294 g/mol. The Balaban J connectivity index is 1.66. The Labute approximate surface area is 134 Å². The van der Waals surface area contributed by atoms with Crippen LogP contribution in [-0.4, -0.2) is 26.6 Å². The van der Waals surface area contributed by atoms with Gasteiger partial charge in [0.15, 0.2) is 0 Å². The van der Waals surface area contributed by atoms with E-state index in [1.807, 2.05) is 24.3 Å². The minimum atomic E-state index is -0.652. The first-order chi connectivity index (χ1) is 10.9. The van der Waals surface area contributed by atoms with Gasteiger partial charge in [-0.1, -0.05) is 26.0 Å². The van der Waals surface area contributed by atoms with E-state index in [-0.39, 0.29) is 18.2 Å². The van der Waals surface area contributed by atoms with Crippen LogP contribution in [-0.2, 0) is 9.59 Å². The van der Waals surface area contributed by atoms with E-state index >= 15 is 0 Å². The highest BCUT2D eigenvalue weighted by molar-refractivity contribution is 6.00. The fourth-order valence-corrected chi connectivity index (χ4v) is 2.56. The summed E-state index contributed by atoms with van der Waals surface area (Å²) < 4.78 is 1.47. The van der Waals surface area contributed by atoms with Gasteiger partial charge in [0.1, 0.15) is 11.9 Å². The van der Waals surface area contributed by atoms with Crippen LogP contribution >= 0.6 is 0 Å². The fourth-order valence-electron chi connectivity index (χ4n) is 2.56. The number of nitrogens with one attached hydrogen (secondary N) is 2. The lowest BCUT2D eigenvalue weighted by molar-refractivity contribution is -0.123. The van der Waals surface area contributed by atoms with Crippen molar-refractivity contribution in [2.75, 3.05) is 10.6 Å². The molecule has 1 aromatic heterocycles. The van der Waals surface area contributed by atoms with Gasteiger partial charge in [-0.2, -0.15) is 10.1 Å². The summed E-state index contributed by atoms with van der Waals surface area (Å²) in [5, 5.41) is 9.60. The number of rotatable bonds is 4. The van der Waals surface area contributed by atoms with Crippen molar-refractivity contribution in [1.82, 2.24) is 14.8 Å². The van der Waals surface area contributed by atoms with Gasteiger partial charge in [-0.25, -0.2) is 4.68 Å². The van der Waals surface area contributed by atoms with Crippen molar-refractivity contribution < 1.29 is 9.59 Å². The highest BCUT2D eigenvalue weighted by Gasteiger charge is 2.34. The van der Waals surface area contributed by atoms with Crippen LogP contribution in [0.1, 0.15) is 43.6 Å². The first-order valence-electron chi connectivity index (χ1n) is 7.58. The first kappa shape index (κ1) is 15.2. The monoisotopic (exact) mass is 313 g/mol. The average Bonchev–Trinajstić information content (AvgIpc) is 2.97. The molecular formula is C16H19N5O2. The average molecular weight is 313 g/mol. The fraction of sp³-hybridized carbons (Fsp3) is 0.375. The van der Waals surface area contributed by atoms with E-state index in [2.05, 4.69) is 34.6 Å². The van der Waals surface area contributed by atoms with Crippen molar-refractivity contribution >= 4 is 23.5 Å². The van der Waals surface area contributed by atoms with E-state index in [1.165, 1.54) is 10.2 Å². The zero-order valence-electron chi connectivity index (χ0n) is 13.3. The zero-order valence-corrected chi connectivity index (χ0v) is 13.3. The molecule has 0 saturated heterocycles. The van der Waals surface area contributed by atoms with E-state index < -0.39 is 6.04 Å². The van der Waals surface area contributed by atoms with Crippen LogP contribution in [0.4, 0.5) is 11.6 Å². The van der Waals surface area contributed by atoms with Gasteiger partial charge >= 0.3 is 0 Å². The van der Waals surface area contributed by atoms with Crippen LogP contribution in [0.5, 0.6) is 0 Å². The Hall–Kier alpha value is -2.70. The van der Waals surface area contributed by atoms with Crippen LogP contribution in [0.2, 0.25) is 0 Å². The number of benzene rings is 1. The highest BCUT2D eigenvalue weighted by atomic mass is 16.2. The van der Waals surface area contributed by atoms with Crippen molar-refractivity contribution in [2.45, 2.75) is 39.2 Å². The summed E-state index contributed by atoms with van der Waals surface area (Å²) in [4.78, 5) is 28.2. The summed E-state index contributed by atoms with van der Waals surface area (Å²) in [6.45, 7) is 5.97. The molecule has 1 aliphatic rings. The Bertz CT molecular complexity index is 748. The number of amides is 2. The standard InChI is InChI=1S/C16H19N5O2/c1-9(2)11-4-6-12(7-5-11)18-14(22)8-13-15(23)19-16-17-10(3)20-21(13)16/h4-7,9,13H,8H2,1-3H3,(H,18,22)(H,17,19,20,23)/t13-/m1/s1. The number of carbonyl (C=O) groups excluding carboxylic acids is 2. The third-order valence-electron chi connectivity index (χ3n) is 3.81. The molecule has 23 heavy (non-hydrogen) atoms. The van der Waals surface area contributed by atoms with E-state index in [1.54, 1.807) is 6.92 Å². The van der Waals surface area contributed by atoms with Crippen LogP contribution in [0, 0.1) is 6.92 Å². The lowest BCUT2D eigenvalue weighted by atomic mass is 10.0. The summed E-state index contributed by atoms with van der Waals surface area (Å²) in [5.74, 6) is 0.908. The second-order valence-corrected chi connectivity index (χ2v) is 5.96.